The van der Waals surface area contributed by atoms with E-state index >= 15 is 0 Å². The maximum atomic E-state index is 12.8. The molecule has 1 unspecified atom stereocenters. The number of sulfone groups is 1. The Balaban J connectivity index is 0.00000338. The molecule has 1 aromatic carbocycles. The number of nitrogens with one attached hydrogen (secondary N) is 2. The molecule has 6 nitrogen and oxygen atoms in total. The Morgan fingerprint density at radius 2 is 1.85 bits per heavy atom. The summed E-state index contributed by atoms with van der Waals surface area (Å²) in [6.45, 7) is 5.62. The molecule has 1 aromatic rings. The van der Waals surface area contributed by atoms with Crippen molar-refractivity contribution in [3.05, 3.63) is 29.8 Å². The molecule has 1 aliphatic heterocycles. The van der Waals surface area contributed by atoms with Crippen molar-refractivity contribution < 1.29 is 17.9 Å². The topological polar surface area (TPSA) is 84.5 Å². The molecule has 0 aromatic heterocycles. The second-order valence-corrected chi connectivity index (χ2v) is 8.95. The van der Waals surface area contributed by atoms with E-state index in [2.05, 4.69) is 10.6 Å². The number of amides is 1. The molecule has 2 rings (SSSR count). The van der Waals surface area contributed by atoms with Crippen LogP contribution in [0.3, 0.4) is 0 Å². The molecule has 1 heterocycles. The lowest BCUT2D eigenvalue weighted by atomic mass is 9.95. The number of ether oxygens (including phenoxy) is 1. The molecule has 1 fully saturated rings. The highest BCUT2D eigenvalue weighted by Gasteiger charge is 2.48. The minimum atomic E-state index is -3.50. The van der Waals surface area contributed by atoms with Crippen molar-refractivity contribution in [2.24, 2.45) is 0 Å². The highest BCUT2D eigenvalue weighted by Crippen LogP contribution is 2.29. The van der Waals surface area contributed by atoms with Crippen molar-refractivity contribution in [2.75, 3.05) is 26.0 Å². The van der Waals surface area contributed by atoms with Crippen LogP contribution in [0.1, 0.15) is 44.7 Å². The Morgan fingerprint density at radius 3 is 2.35 bits per heavy atom. The molecule has 1 saturated heterocycles. The summed E-state index contributed by atoms with van der Waals surface area (Å²) in [5, 5.41) is 6.01. The van der Waals surface area contributed by atoms with Crippen LogP contribution in [0.25, 0.3) is 0 Å². The van der Waals surface area contributed by atoms with Crippen molar-refractivity contribution in [2.45, 2.75) is 43.9 Å². The minimum Gasteiger partial charge on any atom is -0.494 e. The fourth-order valence-electron chi connectivity index (χ4n) is 3.08. The zero-order valence-corrected chi connectivity index (χ0v) is 17.2. The summed E-state index contributed by atoms with van der Waals surface area (Å²) in [4.78, 5) is 12.8. The molecule has 0 radical (unpaired) electrons. The Labute approximate surface area is 162 Å². The lowest BCUT2D eigenvalue weighted by Crippen LogP contribution is -2.57. The smallest absolute Gasteiger partial charge is 0.242 e. The third kappa shape index (κ3) is 5.11. The summed E-state index contributed by atoms with van der Waals surface area (Å²) >= 11 is 0. The van der Waals surface area contributed by atoms with Gasteiger partial charge < -0.3 is 15.4 Å². The first-order valence-corrected chi connectivity index (χ1v) is 10.6. The van der Waals surface area contributed by atoms with Crippen molar-refractivity contribution in [3.63, 3.8) is 0 Å². The molecule has 0 saturated carbocycles. The number of benzene rings is 1. The van der Waals surface area contributed by atoms with Gasteiger partial charge in [-0.15, -0.1) is 12.4 Å². The predicted molar refractivity (Wildman–Crippen MR) is 106 cm³/mol. The summed E-state index contributed by atoms with van der Waals surface area (Å²) in [5.74, 6) is 0.380. The number of carbonyl (C=O) groups excluding carboxylic acids is 1. The lowest BCUT2D eigenvalue weighted by molar-refractivity contribution is -0.125. The van der Waals surface area contributed by atoms with Gasteiger partial charge >= 0.3 is 0 Å². The summed E-state index contributed by atoms with van der Waals surface area (Å²) in [6.07, 6.45) is 2.70. The van der Waals surface area contributed by atoms with E-state index in [1.54, 1.807) is 0 Å². The summed E-state index contributed by atoms with van der Waals surface area (Å²) in [7, 11) is -3.50. The van der Waals surface area contributed by atoms with Crippen LogP contribution in [0, 0.1) is 0 Å². The van der Waals surface area contributed by atoms with Gasteiger partial charge in [0.2, 0.25) is 5.91 Å². The van der Waals surface area contributed by atoms with Crippen molar-refractivity contribution >= 4 is 28.2 Å². The average molecular weight is 405 g/mol. The molecule has 0 aliphatic carbocycles. The van der Waals surface area contributed by atoms with E-state index in [4.69, 9.17) is 4.74 Å². The first kappa shape index (κ1) is 22.7. The largest absolute Gasteiger partial charge is 0.494 e. The maximum absolute atomic E-state index is 12.8. The first-order valence-electron chi connectivity index (χ1n) is 8.74. The standard InChI is InChI=1S/C18H28N2O4S.ClH/c1-4-13-24-16-7-5-15(6-8-16)14(2)20-17(21)18(25(3,22)23)9-11-19-12-10-18;/h5-8,14,19H,4,9-13H2,1-3H3,(H,20,21);1H. The summed E-state index contributed by atoms with van der Waals surface area (Å²) in [6, 6.07) is 7.24. The Hall–Kier alpha value is -1.31. The molecule has 1 amide bonds. The third-order valence-electron chi connectivity index (χ3n) is 4.74. The van der Waals surface area contributed by atoms with Gasteiger partial charge in [0.25, 0.3) is 0 Å². The summed E-state index contributed by atoms with van der Waals surface area (Å²) in [5.41, 5.74) is 0.912. The second kappa shape index (κ2) is 9.58. The Bertz CT molecular complexity index is 686. The van der Waals surface area contributed by atoms with Gasteiger partial charge in [-0.1, -0.05) is 19.1 Å². The highest BCUT2D eigenvalue weighted by molar-refractivity contribution is 7.92. The fourth-order valence-corrected chi connectivity index (χ4v) is 4.42. The van der Waals surface area contributed by atoms with Gasteiger partial charge in [0, 0.05) is 6.26 Å². The van der Waals surface area contributed by atoms with E-state index in [1.165, 1.54) is 0 Å². The van der Waals surface area contributed by atoms with Crippen LogP contribution < -0.4 is 15.4 Å². The minimum absolute atomic E-state index is 0. The molecular weight excluding hydrogens is 376 g/mol. The number of carbonyl (C=O) groups is 1. The van der Waals surface area contributed by atoms with Gasteiger partial charge in [-0.2, -0.15) is 0 Å². The molecule has 0 spiro atoms. The van der Waals surface area contributed by atoms with Crippen LogP contribution in [0.4, 0.5) is 0 Å². The van der Waals surface area contributed by atoms with Gasteiger partial charge in [0.05, 0.1) is 12.6 Å². The SMILES string of the molecule is CCCOc1ccc(C(C)NC(=O)C2(S(C)(=O)=O)CCNCC2)cc1.Cl. The third-order valence-corrected chi connectivity index (χ3v) is 6.75. The van der Waals surface area contributed by atoms with Crippen LogP contribution in [0.5, 0.6) is 5.75 Å². The molecule has 8 heteroatoms. The second-order valence-electron chi connectivity index (χ2n) is 6.63. The molecule has 1 atom stereocenters. The van der Waals surface area contributed by atoms with E-state index in [9.17, 15) is 13.2 Å². The van der Waals surface area contributed by atoms with Crippen LogP contribution in [0.2, 0.25) is 0 Å². The number of rotatable bonds is 7. The fraction of sp³-hybridized carbons (Fsp3) is 0.611. The van der Waals surface area contributed by atoms with Crippen molar-refractivity contribution in [1.29, 1.82) is 0 Å². The quantitative estimate of drug-likeness (QED) is 0.728. The molecule has 26 heavy (non-hydrogen) atoms. The van der Waals surface area contributed by atoms with E-state index < -0.39 is 20.5 Å². The Kier molecular flexibility index (Phi) is 8.37. The van der Waals surface area contributed by atoms with Crippen molar-refractivity contribution in [3.8, 4) is 5.75 Å². The molecule has 148 valence electrons. The lowest BCUT2D eigenvalue weighted by Gasteiger charge is -2.35. The monoisotopic (exact) mass is 404 g/mol. The predicted octanol–water partition coefficient (Wildman–Crippen LogP) is 2.24. The van der Waals surface area contributed by atoms with Gasteiger partial charge in [-0.25, -0.2) is 8.42 Å². The summed E-state index contributed by atoms with van der Waals surface area (Å²) < 4.78 is 28.8. The molecule has 2 N–H and O–H groups in total. The molecule has 0 bridgehead atoms. The van der Waals surface area contributed by atoms with Gasteiger partial charge in [-0.05, 0) is 57.0 Å². The number of hydrogen-bond acceptors (Lipinski definition) is 5. The molecule has 1 aliphatic rings. The van der Waals surface area contributed by atoms with E-state index in [1.807, 2.05) is 38.1 Å². The number of halogens is 1. The number of piperidine rings is 1. The van der Waals surface area contributed by atoms with E-state index in [0.717, 1.165) is 24.0 Å². The van der Waals surface area contributed by atoms with Gasteiger partial charge in [0.15, 0.2) is 14.6 Å². The van der Waals surface area contributed by atoms with Gasteiger partial charge in [0.1, 0.15) is 5.75 Å². The van der Waals surface area contributed by atoms with E-state index in [0.29, 0.717) is 32.5 Å². The number of hydrogen-bond donors (Lipinski definition) is 2. The normalized spacial score (nSPS) is 17.7. The van der Waals surface area contributed by atoms with Crippen LogP contribution >= 0.6 is 12.4 Å². The van der Waals surface area contributed by atoms with Crippen LogP contribution in [-0.4, -0.2) is 45.0 Å². The first-order chi connectivity index (χ1) is 11.8. The zero-order chi connectivity index (χ0) is 18.5. The van der Waals surface area contributed by atoms with E-state index in [-0.39, 0.29) is 18.4 Å². The van der Waals surface area contributed by atoms with Crippen LogP contribution in [-0.2, 0) is 14.6 Å². The Morgan fingerprint density at radius 1 is 1.27 bits per heavy atom. The average Bonchev–Trinajstić information content (AvgIpc) is 2.60. The maximum Gasteiger partial charge on any atom is 0.242 e. The highest BCUT2D eigenvalue weighted by atomic mass is 35.5. The molecular formula is C18H29ClN2O4S. The van der Waals surface area contributed by atoms with Gasteiger partial charge in [-0.3, -0.25) is 4.79 Å². The van der Waals surface area contributed by atoms with Crippen molar-refractivity contribution in [1.82, 2.24) is 10.6 Å². The zero-order valence-electron chi connectivity index (χ0n) is 15.6. The van der Waals surface area contributed by atoms with Crippen LogP contribution in [0.15, 0.2) is 24.3 Å².